The van der Waals surface area contributed by atoms with Gasteiger partial charge in [0.2, 0.25) is 11.8 Å². The molecule has 0 aliphatic heterocycles. The van der Waals surface area contributed by atoms with Crippen LogP contribution in [0, 0.1) is 5.92 Å². The molecule has 1 fully saturated rings. The first-order valence-corrected chi connectivity index (χ1v) is 8.00. The molecule has 4 nitrogen and oxygen atoms in total. The monoisotopic (exact) mass is 298 g/mol. The highest BCUT2D eigenvalue weighted by molar-refractivity contribution is 5.78. The molecule has 0 spiro atoms. The van der Waals surface area contributed by atoms with E-state index in [1.165, 1.54) is 12.8 Å². The molecule has 0 unspecified atom stereocenters. The molecule has 1 heterocycles. The van der Waals surface area contributed by atoms with Crippen molar-refractivity contribution >= 4 is 5.91 Å². The Kier molecular flexibility index (Phi) is 4.56. The molecular weight excluding hydrogens is 276 g/mol. The second-order valence-corrected chi connectivity index (χ2v) is 6.21. The minimum atomic E-state index is 0.0347. The van der Waals surface area contributed by atoms with Crippen molar-refractivity contribution < 1.29 is 9.21 Å². The number of nitrogens with one attached hydrogen (secondary N) is 1. The van der Waals surface area contributed by atoms with Crippen LogP contribution in [0.25, 0.3) is 11.5 Å². The number of benzene rings is 1. The number of hydrogen-bond acceptors (Lipinski definition) is 3. The molecule has 1 amide bonds. The van der Waals surface area contributed by atoms with Gasteiger partial charge in [-0.05, 0) is 43.7 Å². The van der Waals surface area contributed by atoms with Crippen LogP contribution in [0.5, 0.6) is 0 Å². The molecule has 0 saturated heterocycles. The van der Waals surface area contributed by atoms with Crippen LogP contribution in [0.2, 0.25) is 0 Å². The Labute approximate surface area is 130 Å². The summed E-state index contributed by atoms with van der Waals surface area (Å²) in [5, 5.41) is 3.12. The second-order valence-electron chi connectivity index (χ2n) is 6.21. The Morgan fingerprint density at radius 2 is 1.95 bits per heavy atom. The zero-order valence-electron chi connectivity index (χ0n) is 12.9. The van der Waals surface area contributed by atoms with Crippen LogP contribution < -0.4 is 5.32 Å². The third kappa shape index (κ3) is 3.75. The van der Waals surface area contributed by atoms with Crippen molar-refractivity contribution in [2.24, 2.45) is 5.92 Å². The quantitative estimate of drug-likeness (QED) is 0.938. The van der Waals surface area contributed by atoms with E-state index in [0.717, 1.165) is 24.3 Å². The maximum Gasteiger partial charge on any atom is 0.226 e. The third-order valence-electron chi connectivity index (χ3n) is 4.30. The van der Waals surface area contributed by atoms with Crippen molar-refractivity contribution in [3.63, 3.8) is 0 Å². The predicted molar refractivity (Wildman–Crippen MR) is 85.2 cm³/mol. The van der Waals surface area contributed by atoms with Crippen LogP contribution in [-0.2, 0) is 11.2 Å². The lowest BCUT2D eigenvalue weighted by Gasteiger charge is -2.26. The van der Waals surface area contributed by atoms with E-state index in [9.17, 15) is 4.79 Å². The topological polar surface area (TPSA) is 55.1 Å². The first-order chi connectivity index (χ1) is 10.7. The van der Waals surface area contributed by atoms with E-state index >= 15 is 0 Å². The summed E-state index contributed by atoms with van der Waals surface area (Å²) < 4.78 is 5.46. The van der Waals surface area contributed by atoms with Gasteiger partial charge < -0.3 is 9.73 Å². The van der Waals surface area contributed by atoms with Crippen LogP contribution in [0.3, 0.4) is 0 Å². The maximum atomic E-state index is 12.1. The van der Waals surface area contributed by atoms with Gasteiger partial charge >= 0.3 is 0 Å². The number of carbonyl (C=O) groups excluding carboxylic acids is 1. The van der Waals surface area contributed by atoms with E-state index in [1.807, 2.05) is 30.3 Å². The Morgan fingerprint density at radius 1 is 1.23 bits per heavy atom. The minimum Gasteiger partial charge on any atom is -0.444 e. The van der Waals surface area contributed by atoms with Gasteiger partial charge in [0.15, 0.2) is 0 Å². The number of rotatable bonds is 4. The molecule has 1 saturated carbocycles. The van der Waals surface area contributed by atoms with Crippen molar-refractivity contribution in [3.8, 4) is 11.5 Å². The van der Waals surface area contributed by atoms with Crippen molar-refractivity contribution in [3.05, 3.63) is 42.3 Å². The summed E-state index contributed by atoms with van der Waals surface area (Å²) in [4.78, 5) is 16.5. The highest BCUT2D eigenvalue weighted by Gasteiger charge is 2.20. The van der Waals surface area contributed by atoms with Crippen LogP contribution >= 0.6 is 0 Å². The number of amides is 1. The zero-order valence-corrected chi connectivity index (χ0v) is 12.9. The van der Waals surface area contributed by atoms with Gasteiger partial charge in [0.05, 0.1) is 12.1 Å². The third-order valence-corrected chi connectivity index (χ3v) is 4.30. The van der Waals surface area contributed by atoms with E-state index in [2.05, 4.69) is 17.2 Å². The summed E-state index contributed by atoms with van der Waals surface area (Å²) in [6.07, 6.45) is 6.43. The Morgan fingerprint density at radius 3 is 2.68 bits per heavy atom. The fraction of sp³-hybridized carbons (Fsp3) is 0.444. The standard InChI is InChI=1S/C18H22N2O2/c1-13-7-9-15(10-8-13)19-17(21)11-16-12-22-18(20-16)14-5-3-2-4-6-14/h2-6,12-13,15H,7-11H2,1H3,(H,19,21). The van der Waals surface area contributed by atoms with Gasteiger partial charge in [-0.25, -0.2) is 4.98 Å². The summed E-state index contributed by atoms with van der Waals surface area (Å²) in [6.45, 7) is 2.28. The SMILES string of the molecule is CC1CCC(NC(=O)Cc2coc(-c3ccccc3)n2)CC1. The lowest BCUT2D eigenvalue weighted by Crippen LogP contribution is -2.38. The number of nitrogens with zero attached hydrogens (tertiary/aromatic N) is 1. The molecular formula is C18H22N2O2. The average Bonchev–Trinajstić information content (AvgIpc) is 2.99. The van der Waals surface area contributed by atoms with Gasteiger partial charge in [-0.15, -0.1) is 0 Å². The van der Waals surface area contributed by atoms with Gasteiger partial charge in [0, 0.05) is 11.6 Å². The van der Waals surface area contributed by atoms with Crippen LogP contribution in [0.1, 0.15) is 38.3 Å². The highest BCUT2D eigenvalue weighted by atomic mass is 16.3. The molecule has 1 aromatic heterocycles. The van der Waals surface area contributed by atoms with Crippen molar-refractivity contribution in [2.45, 2.75) is 45.1 Å². The molecule has 22 heavy (non-hydrogen) atoms. The smallest absolute Gasteiger partial charge is 0.226 e. The predicted octanol–water partition coefficient (Wildman–Crippen LogP) is 3.58. The maximum absolute atomic E-state index is 12.1. The van der Waals surface area contributed by atoms with Crippen molar-refractivity contribution in [1.29, 1.82) is 0 Å². The lowest BCUT2D eigenvalue weighted by molar-refractivity contribution is -0.121. The van der Waals surface area contributed by atoms with Gasteiger partial charge in [0.1, 0.15) is 6.26 Å². The molecule has 1 aromatic carbocycles. The summed E-state index contributed by atoms with van der Waals surface area (Å²) in [5.74, 6) is 1.39. The van der Waals surface area contributed by atoms with E-state index in [0.29, 0.717) is 17.6 Å². The molecule has 116 valence electrons. The summed E-state index contributed by atoms with van der Waals surface area (Å²) in [6, 6.07) is 10.0. The first-order valence-electron chi connectivity index (χ1n) is 8.00. The summed E-state index contributed by atoms with van der Waals surface area (Å²) >= 11 is 0. The number of aromatic nitrogens is 1. The van der Waals surface area contributed by atoms with Crippen LogP contribution in [-0.4, -0.2) is 16.9 Å². The van der Waals surface area contributed by atoms with Crippen LogP contribution in [0.4, 0.5) is 0 Å². The molecule has 0 atom stereocenters. The van der Waals surface area contributed by atoms with Gasteiger partial charge in [-0.3, -0.25) is 4.79 Å². The van der Waals surface area contributed by atoms with Gasteiger partial charge in [0.25, 0.3) is 0 Å². The number of hydrogen-bond donors (Lipinski definition) is 1. The molecule has 1 N–H and O–H groups in total. The zero-order chi connectivity index (χ0) is 15.4. The fourth-order valence-corrected chi connectivity index (χ4v) is 2.95. The fourth-order valence-electron chi connectivity index (χ4n) is 2.95. The summed E-state index contributed by atoms with van der Waals surface area (Å²) in [5.41, 5.74) is 1.61. The first kappa shape index (κ1) is 14.8. The van der Waals surface area contributed by atoms with E-state index in [-0.39, 0.29) is 12.3 Å². The van der Waals surface area contributed by atoms with E-state index in [1.54, 1.807) is 6.26 Å². The second kappa shape index (κ2) is 6.77. The Hall–Kier alpha value is -2.10. The molecule has 2 aromatic rings. The van der Waals surface area contributed by atoms with Gasteiger partial charge in [-0.2, -0.15) is 0 Å². The highest BCUT2D eigenvalue weighted by Crippen LogP contribution is 2.23. The molecule has 3 rings (SSSR count). The number of oxazole rings is 1. The number of carbonyl (C=O) groups is 1. The Balaban J connectivity index is 1.55. The molecule has 1 aliphatic rings. The largest absolute Gasteiger partial charge is 0.444 e. The van der Waals surface area contributed by atoms with E-state index in [4.69, 9.17) is 4.42 Å². The normalized spacial score (nSPS) is 21.5. The molecule has 1 aliphatic carbocycles. The van der Waals surface area contributed by atoms with Gasteiger partial charge in [-0.1, -0.05) is 25.1 Å². The molecule has 0 bridgehead atoms. The minimum absolute atomic E-state index is 0.0347. The Bertz CT molecular complexity index is 613. The van der Waals surface area contributed by atoms with E-state index < -0.39 is 0 Å². The molecule has 4 heteroatoms. The lowest BCUT2D eigenvalue weighted by atomic mass is 9.87. The summed E-state index contributed by atoms with van der Waals surface area (Å²) in [7, 11) is 0. The van der Waals surface area contributed by atoms with Crippen LogP contribution in [0.15, 0.2) is 41.0 Å². The average molecular weight is 298 g/mol. The van der Waals surface area contributed by atoms with Crippen molar-refractivity contribution in [1.82, 2.24) is 10.3 Å². The van der Waals surface area contributed by atoms with Crippen molar-refractivity contribution in [2.75, 3.05) is 0 Å². The molecule has 0 radical (unpaired) electrons.